The lowest BCUT2D eigenvalue weighted by molar-refractivity contribution is -0.0244. The lowest BCUT2D eigenvalue weighted by atomic mass is 10.4. The van der Waals surface area contributed by atoms with Crippen molar-refractivity contribution >= 4 is 23.0 Å². The van der Waals surface area contributed by atoms with Crippen LogP contribution >= 0.6 is 23.0 Å². The van der Waals surface area contributed by atoms with Gasteiger partial charge in [-0.25, -0.2) is 4.57 Å². The van der Waals surface area contributed by atoms with Gasteiger partial charge in [0, 0.05) is 0 Å². The molecule has 1 heterocycles. The Morgan fingerprint density at radius 1 is 1.33 bits per heavy atom. The van der Waals surface area contributed by atoms with Crippen LogP contribution in [0.4, 0.5) is 0 Å². The van der Waals surface area contributed by atoms with E-state index in [9.17, 15) is 13.7 Å². The number of hydrogen-bond acceptors (Lipinski definition) is 6. The lowest BCUT2D eigenvalue weighted by Gasteiger charge is -2.44. The molecule has 1 aliphatic rings. The third-order valence-electron chi connectivity index (χ3n) is 2.16. The van der Waals surface area contributed by atoms with E-state index in [1.54, 1.807) is 0 Å². The SMILES string of the molecule is CC(OP1(=O)OCC1(C)OP(=O)(O)O)P(=O)(O)O. The zero-order valence-electron chi connectivity index (χ0n) is 9.36. The topological polar surface area (TPSA) is 160 Å². The fourth-order valence-corrected chi connectivity index (χ4v) is 4.63. The first-order valence-electron chi connectivity index (χ1n) is 4.54. The molecule has 1 rings (SSSR count). The van der Waals surface area contributed by atoms with Gasteiger partial charge in [0.2, 0.25) is 5.34 Å². The van der Waals surface area contributed by atoms with Gasteiger partial charge < -0.3 is 24.1 Å². The van der Waals surface area contributed by atoms with Crippen LogP contribution in [-0.2, 0) is 27.3 Å². The van der Waals surface area contributed by atoms with Crippen LogP contribution in [0.25, 0.3) is 0 Å². The van der Waals surface area contributed by atoms with Crippen molar-refractivity contribution in [3.8, 4) is 0 Å². The van der Waals surface area contributed by atoms with E-state index in [0.717, 1.165) is 13.8 Å². The second-order valence-electron chi connectivity index (χ2n) is 3.82. The Labute approximate surface area is 102 Å². The molecule has 0 aliphatic carbocycles. The van der Waals surface area contributed by atoms with Crippen LogP contribution in [0.3, 0.4) is 0 Å². The van der Waals surface area contributed by atoms with Crippen LogP contribution in [0.5, 0.6) is 0 Å². The van der Waals surface area contributed by atoms with Crippen molar-refractivity contribution in [3.05, 3.63) is 0 Å². The maximum Gasteiger partial charge on any atom is 0.470 e. The quantitative estimate of drug-likeness (QED) is 0.526. The minimum atomic E-state index is -4.94. The van der Waals surface area contributed by atoms with E-state index in [2.05, 4.69) is 13.6 Å². The summed E-state index contributed by atoms with van der Waals surface area (Å²) in [5, 5.41) is -1.94. The van der Waals surface area contributed by atoms with Crippen molar-refractivity contribution in [3.63, 3.8) is 0 Å². The van der Waals surface area contributed by atoms with Gasteiger partial charge in [-0.15, -0.1) is 0 Å². The monoisotopic (exact) mass is 326 g/mol. The summed E-state index contributed by atoms with van der Waals surface area (Å²) in [6.45, 7) is 1.59. The number of phosphoric ester groups is 1. The zero-order valence-corrected chi connectivity index (χ0v) is 12.0. The minimum absolute atomic E-state index is 0.427. The van der Waals surface area contributed by atoms with Crippen LogP contribution in [0.15, 0.2) is 0 Å². The van der Waals surface area contributed by atoms with Gasteiger partial charge in [0.25, 0.3) is 0 Å². The van der Waals surface area contributed by atoms with Gasteiger partial charge in [-0.3, -0.25) is 18.2 Å². The summed E-state index contributed by atoms with van der Waals surface area (Å²) in [5.41, 5.74) is 0. The normalized spacial score (nSPS) is 35.0. The molecule has 0 aromatic carbocycles. The van der Waals surface area contributed by atoms with Crippen LogP contribution in [0, 0.1) is 0 Å². The average Bonchev–Trinajstić information content (AvgIpc) is 2.11. The van der Waals surface area contributed by atoms with Gasteiger partial charge in [-0.2, -0.15) is 0 Å². The van der Waals surface area contributed by atoms with Gasteiger partial charge in [0.15, 0.2) is 5.85 Å². The van der Waals surface area contributed by atoms with Gasteiger partial charge in [0.1, 0.15) is 0 Å². The molecule has 0 aromatic heterocycles. The first-order valence-corrected chi connectivity index (χ1v) is 9.29. The summed E-state index contributed by atoms with van der Waals surface area (Å²) in [6, 6.07) is 0. The van der Waals surface area contributed by atoms with Crippen LogP contribution in [0.1, 0.15) is 13.8 Å². The number of hydrogen-bond donors (Lipinski definition) is 4. The minimum Gasteiger partial charge on any atom is -0.323 e. The van der Waals surface area contributed by atoms with Gasteiger partial charge >= 0.3 is 23.0 Å². The first-order chi connectivity index (χ1) is 7.79. The maximum atomic E-state index is 12.0. The molecule has 10 nitrogen and oxygen atoms in total. The lowest BCUT2D eigenvalue weighted by Crippen LogP contribution is -2.44. The van der Waals surface area contributed by atoms with E-state index in [1.165, 1.54) is 0 Å². The van der Waals surface area contributed by atoms with E-state index < -0.39 is 40.8 Å². The second-order valence-corrected chi connectivity index (χ2v) is 9.30. The van der Waals surface area contributed by atoms with Gasteiger partial charge in [0.05, 0.1) is 6.61 Å². The smallest absolute Gasteiger partial charge is 0.323 e. The molecule has 3 unspecified atom stereocenters. The van der Waals surface area contributed by atoms with Crippen molar-refractivity contribution in [1.82, 2.24) is 0 Å². The predicted molar refractivity (Wildman–Crippen MR) is 57.7 cm³/mol. The van der Waals surface area contributed by atoms with Crippen molar-refractivity contribution in [2.24, 2.45) is 0 Å². The van der Waals surface area contributed by atoms with E-state index in [4.69, 9.17) is 19.6 Å². The Hall–Kier alpha value is 0.410. The highest BCUT2D eigenvalue weighted by molar-refractivity contribution is 7.59. The molecule has 0 amide bonds. The van der Waals surface area contributed by atoms with E-state index in [0.29, 0.717) is 0 Å². The van der Waals surface area contributed by atoms with Gasteiger partial charge in [-0.1, -0.05) is 0 Å². The number of rotatable bonds is 5. The Balaban J connectivity index is 2.86. The highest BCUT2D eigenvalue weighted by atomic mass is 31.2. The Morgan fingerprint density at radius 2 is 1.83 bits per heavy atom. The van der Waals surface area contributed by atoms with E-state index in [1.807, 2.05) is 0 Å². The van der Waals surface area contributed by atoms with Gasteiger partial charge in [-0.05, 0) is 13.8 Å². The molecular weight excluding hydrogens is 313 g/mol. The molecule has 18 heavy (non-hydrogen) atoms. The van der Waals surface area contributed by atoms with Crippen LogP contribution < -0.4 is 0 Å². The van der Waals surface area contributed by atoms with E-state index >= 15 is 0 Å². The third kappa shape index (κ3) is 3.49. The molecule has 0 spiro atoms. The largest absolute Gasteiger partial charge is 0.470 e. The molecule has 1 saturated heterocycles. The highest BCUT2D eigenvalue weighted by Gasteiger charge is 2.62. The first kappa shape index (κ1) is 16.5. The van der Waals surface area contributed by atoms with Crippen molar-refractivity contribution < 1.29 is 46.8 Å². The summed E-state index contributed by atoms with van der Waals surface area (Å²) >= 11 is 0. The average molecular weight is 326 g/mol. The van der Waals surface area contributed by atoms with Crippen LogP contribution in [-0.4, -0.2) is 37.4 Å². The molecular formula is C5H13O10P3. The standard InChI is InChI=1S/C5H13O10P3/c1-4(16(6,7)8)14-17(9)5(2,3-13-17)15-18(10,11)12/h4H,3H2,1-2H3,(H2,6,7,8)(H2,10,11,12). The zero-order chi connectivity index (χ0) is 14.4. The molecule has 4 N–H and O–H groups in total. The second kappa shape index (κ2) is 4.75. The molecule has 0 aromatic rings. The molecule has 1 fully saturated rings. The van der Waals surface area contributed by atoms with E-state index in [-0.39, 0.29) is 0 Å². The Bertz CT molecular complexity index is 462. The molecule has 0 bridgehead atoms. The summed E-state index contributed by atoms with van der Waals surface area (Å²) in [7, 11) is -13.8. The maximum absolute atomic E-state index is 12.0. The fourth-order valence-electron chi connectivity index (χ4n) is 1.09. The van der Waals surface area contributed by atoms with Crippen molar-refractivity contribution in [2.75, 3.05) is 6.61 Å². The molecule has 0 radical (unpaired) electrons. The predicted octanol–water partition coefficient (Wildman–Crippen LogP) is 0.575. The molecule has 1 aliphatic heterocycles. The van der Waals surface area contributed by atoms with Crippen molar-refractivity contribution in [2.45, 2.75) is 25.0 Å². The summed E-state index contributed by atoms with van der Waals surface area (Å²) < 4.78 is 47.0. The molecule has 13 heteroatoms. The molecule has 3 atom stereocenters. The Kier molecular flexibility index (Phi) is 4.35. The molecule has 108 valence electrons. The third-order valence-corrected chi connectivity index (χ3v) is 6.61. The Morgan fingerprint density at radius 3 is 2.11 bits per heavy atom. The fraction of sp³-hybridized carbons (Fsp3) is 1.00. The molecule has 0 saturated carbocycles. The summed E-state index contributed by atoms with van der Waals surface area (Å²) in [5.74, 6) is -1.75. The van der Waals surface area contributed by atoms with Crippen molar-refractivity contribution in [1.29, 1.82) is 0 Å². The number of phosphoric acid groups is 1. The highest BCUT2D eigenvalue weighted by Crippen LogP contribution is 2.73. The summed E-state index contributed by atoms with van der Waals surface area (Å²) in [4.78, 5) is 34.9. The van der Waals surface area contributed by atoms with Crippen LogP contribution in [0.2, 0.25) is 0 Å². The summed E-state index contributed by atoms with van der Waals surface area (Å²) in [6.07, 6.45) is 0.